The van der Waals surface area contributed by atoms with E-state index in [1.165, 1.54) is 18.2 Å². The fourth-order valence-corrected chi connectivity index (χ4v) is 3.55. The Balaban J connectivity index is 1.63. The molecule has 1 aliphatic rings. The monoisotopic (exact) mass is 479 g/mol. The number of β-amino-alcohol motifs (C(OH)–C–C–N with tert-alkyl or cyclic N) is 1. The number of anilines is 3. The van der Waals surface area contributed by atoms with Crippen molar-refractivity contribution in [2.45, 2.75) is 12.5 Å². The van der Waals surface area contributed by atoms with Gasteiger partial charge in [0.25, 0.3) is 5.91 Å². The van der Waals surface area contributed by atoms with Crippen LogP contribution in [0, 0.1) is 0 Å². The number of hydrogen-bond donors (Lipinski definition) is 2. The number of para-hydroxylation sites is 1. The van der Waals surface area contributed by atoms with Gasteiger partial charge in [0.1, 0.15) is 18.5 Å². The van der Waals surface area contributed by atoms with Crippen molar-refractivity contribution in [1.82, 2.24) is 4.98 Å². The molecule has 0 radical (unpaired) electrons. The van der Waals surface area contributed by atoms with E-state index >= 15 is 0 Å². The molecule has 0 bridgehead atoms. The van der Waals surface area contributed by atoms with Gasteiger partial charge < -0.3 is 24.8 Å². The Bertz CT molecular complexity index is 1160. The number of aromatic nitrogens is 1. The number of rotatable bonds is 4. The number of fused-ring (bicyclic) bond motifs is 1. The van der Waals surface area contributed by atoms with Gasteiger partial charge in [0.05, 0.1) is 22.8 Å². The van der Waals surface area contributed by atoms with Crippen LogP contribution < -0.4 is 19.7 Å². The van der Waals surface area contributed by atoms with Crippen LogP contribution in [-0.2, 0) is 0 Å². The number of halogens is 4. The number of aliphatic hydroxyl groups excluding tert-OH is 1. The third-order valence-corrected chi connectivity index (χ3v) is 4.98. The Morgan fingerprint density at radius 2 is 1.94 bits per heavy atom. The second-order valence-corrected chi connectivity index (χ2v) is 7.47. The first-order chi connectivity index (χ1) is 15.7. The van der Waals surface area contributed by atoms with E-state index in [0.29, 0.717) is 16.5 Å². The molecule has 0 saturated carbocycles. The summed E-state index contributed by atoms with van der Waals surface area (Å²) in [6.45, 7) is 0.0667. The van der Waals surface area contributed by atoms with Gasteiger partial charge in [-0.3, -0.25) is 4.79 Å². The molecule has 7 nitrogen and oxygen atoms in total. The van der Waals surface area contributed by atoms with Gasteiger partial charge >= 0.3 is 6.36 Å². The number of ether oxygens (including phenoxy) is 2. The van der Waals surface area contributed by atoms with Crippen molar-refractivity contribution in [3.05, 3.63) is 71.4 Å². The molecule has 2 N–H and O–H groups in total. The van der Waals surface area contributed by atoms with E-state index in [4.69, 9.17) is 16.3 Å². The molecule has 1 atom stereocenters. The van der Waals surface area contributed by atoms with Crippen LogP contribution in [0.15, 0.2) is 60.8 Å². The van der Waals surface area contributed by atoms with Crippen LogP contribution in [-0.4, -0.2) is 41.6 Å². The van der Waals surface area contributed by atoms with Crippen LogP contribution in [0.2, 0.25) is 5.02 Å². The summed E-state index contributed by atoms with van der Waals surface area (Å²) in [6.07, 6.45) is -4.13. The molecule has 0 unspecified atom stereocenters. The molecular formula is C22H17ClF3N3O4. The predicted octanol–water partition coefficient (Wildman–Crippen LogP) is 4.78. The largest absolute Gasteiger partial charge is 0.573 e. The molecule has 0 fully saturated rings. The van der Waals surface area contributed by atoms with Crippen molar-refractivity contribution < 1.29 is 32.5 Å². The molecule has 1 aliphatic heterocycles. The van der Waals surface area contributed by atoms with Gasteiger partial charge in [-0.1, -0.05) is 17.7 Å². The number of nitrogens with one attached hydrogen (secondary N) is 1. The zero-order chi connectivity index (χ0) is 23.6. The minimum atomic E-state index is -4.81. The first-order valence-corrected chi connectivity index (χ1v) is 10.1. The van der Waals surface area contributed by atoms with Gasteiger partial charge in [-0.05, 0) is 48.5 Å². The van der Waals surface area contributed by atoms with Crippen molar-refractivity contribution in [2.24, 2.45) is 0 Å². The molecule has 0 aliphatic carbocycles. The minimum absolute atomic E-state index is 0.0677. The maximum absolute atomic E-state index is 13.0. The number of carbonyl (C=O) groups is 1. The first-order valence-electron chi connectivity index (χ1n) is 9.70. The lowest BCUT2D eigenvalue weighted by molar-refractivity contribution is -0.274. The maximum Gasteiger partial charge on any atom is 0.573 e. The van der Waals surface area contributed by atoms with Gasteiger partial charge in [0, 0.05) is 11.9 Å². The third kappa shape index (κ3) is 5.29. The van der Waals surface area contributed by atoms with Crippen molar-refractivity contribution in [3.63, 3.8) is 0 Å². The Morgan fingerprint density at radius 1 is 1.18 bits per heavy atom. The number of amides is 1. The number of hydrogen-bond acceptors (Lipinski definition) is 6. The average molecular weight is 480 g/mol. The molecule has 0 saturated heterocycles. The molecular weight excluding hydrogens is 463 g/mol. The van der Waals surface area contributed by atoms with E-state index in [2.05, 4.69) is 15.0 Å². The highest BCUT2D eigenvalue weighted by Crippen LogP contribution is 2.40. The van der Waals surface area contributed by atoms with Crippen LogP contribution in [0.1, 0.15) is 10.4 Å². The highest BCUT2D eigenvalue weighted by Gasteiger charge is 2.31. The highest BCUT2D eigenvalue weighted by molar-refractivity contribution is 6.33. The summed E-state index contributed by atoms with van der Waals surface area (Å²) in [7, 11) is 0. The SMILES string of the molecule is O=C(Nc1ccc(OC(F)(F)F)cc1)c1cccc2c1OC[C@@H](O)CN2c1ncccc1Cl. The molecule has 2 heterocycles. The van der Waals surface area contributed by atoms with Crippen LogP contribution >= 0.6 is 11.6 Å². The quantitative estimate of drug-likeness (QED) is 0.560. The lowest BCUT2D eigenvalue weighted by Gasteiger charge is -2.25. The van der Waals surface area contributed by atoms with E-state index in [0.717, 1.165) is 12.1 Å². The van der Waals surface area contributed by atoms with E-state index in [-0.39, 0.29) is 30.2 Å². The molecule has 33 heavy (non-hydrogen) atoms. The molecule has 3 aromatic rings. The molecule has 4 rings (SSSR count). The van der Waals surface area contributed by atoms with Gasteiger partial charge in [-0.25, -0.2) is 4.98 Å². The van der Waals surface area contributed by atoms with Crippen LogP contribution in [0.25, 0.3) is 0 Å². The van der Waals surface area contributed by atoms with Gasteiger partial charge in [0.2, 0.25) is 0 Å². The Hall–Kier alpha value is -3.50. The first kappa shape index (κ1) is 22.7. The highest BCUT2D eigenvalue weighted by atomic mass is 35.5. The zero-order valence-corrected chi connectivity index (χ0v) is 17.6. The number of carbonyl (C=O) groups excluding carboxylic acids is 1. The topological polar surface area (TPSA) is 83.9 Å². The Morgan fingerprint density at radius 3 is 2.64 bits per heavy atom. The van der Waals surface area contributed by atoms with Gasteiger partial charge in [-0.15, -0.1) is 13.2 Å². The molecule has 11 heteroatoms. The zero-order valence-electron chi connectivity index (χ0n) is 16.8. The Kier molecular flexibility index (Phi) is 6.30. The van der Waals surface area contributed by atoms with E-state index in [1.807, 2.05) is 0 Å². The summed E-state index contributed by atoms with van der Waals surface area (Å²) in [4.78, 5) is 18.9. The lowest BCUT2D eigenvalue weighted by atomic mass is 10.1. The number of pyridine rings is 1. The molecule has 1 aromatic heterocycles. The molecule has 0 spiro atoms. The number of aliphatic hydroxyl groups is 1. The molecule has 2 aromatic carbocycles. The molecule has 172 valence electrons. The van der Waals surface area contributed by atoms with Crippen molar-refractivity contribution >= 4 is 34.7 Å². The van der Waals surface area contributed by atoms with Crippen LogP contribution in [0.4, 0.5) is 30.4 Å². The summed E-state index contributed by atoms with van der Waals surface area (Å²) < 4.78 is 46.6. The fourth-order valence-electron chi connectivity index (χ4n) is 3.32. The predicted molar refractivity (Wildman–Crippen MR) is 115 cm³/mol. The summed E-state index contributed by atoms with van der Waals surface area (Å²) in [5.41, 5.74) is 0.897. The van der Waals surface area contributed by atoms with Crippen molar-refractivity contribution in [3.8, 4) is 11.5 Å². The Labute approximate surface area is 191 Å². The average Bonchev–Trinajstić information content (AvgIpc) is 2.93. The summed E-state index contributed by atoms with van der Waals surface area (Å²) in [5, 5.41) is 13.3. The summed E-state index contributed by atoms with van der Waals surface area (Å²) in [5.74, 6) is -0.359. The van der Waals surface area contributed by atoms with Gasteiger partial charge in [-0.2, -0.15) is 0 Å². The smallest absolute Gasteiger partial charge is 0.488 e. The second-order valence-electron chi connectivity index (χ2n) is 7.06. The summed E-state index contributed by atoms with van der Waals surface area (Å²) in [6, 6.07) is 13.0. The maximum atomic E-state index is 13.0. The normalized spacial score (nSPS) is 15.8. The summed E-state index contributed by atoms with van der Waals surface area (Å²) >= 11 is 6.30. The van der Waals surface area contributed by atoms with Crippen molar-refractivity contribution in [2.75, 3.05) is 23.4 Å². The van der Waals surface area contributed by atoms with Crippen LogP contribution in [0.3, 0.4) is 0 Å². The van der Waals surface area contributed by atoms with E-state index < -0.39 is 24.1 Å². The number of nitrogens with zero attached hydrogens (tertiary/aromatic N) is 2. The number of alkyl halides is 3. The third-order valence-electron chi connectivity index (χ3n) is 4.68. The van der Waals surface area contributed by atoms with Crippen molar-refractivity contribution in [1.29, 1.82) is 0 Å². The second kappa shape index (κ2) is 9.16. The lowest BCUT2D eigenvalue weighted by Crippen LogP contribution is -2.30. The fraction of sp³-hybridized carbons (Fsp3) is 0.182. The standard InChI is InChI=1S/C22H17ClF3N3O4/c23-17-4-2-10-27-20(17)29-11-14(30)12-32-19-16(3-1-5-18(19)29)21(31)28-13-6-8-15(9-7-13)33-22(24,25)26/h1-10,14,30H,11-12H2,(H,28,31)/t14-/m0/s1. The van der Waals surface area contributed by atoms with Gasteiger partial charge in [0.15, 0.2) is 11.6 Å². The van der Waals surface area contributed by atoms with Crippen LogP contribution in [0.5, 0.6) is 11.5 Å². The minimum Gasteiger partial charge on any atom is -0.488 e. The number of benzene rings is 2. The van der Waals surface area contributed by atoms with E-state index in [1.54, 1.807) is 35.4 Å². The van der Waals surface area contributed by atoms with E-state index in [9.17, 15) is 23.1 Å². The molecule has 1 amide bonds.